The number of esters is 1. The van der Waals surface area contributed by atoms with Gasteiger partial charge < -0.3 is 14.6 Å². The van der Waals surface area contributed by atoms with E-state index in [1.54, 1.807) is 6.92 Å². The van der Waals surface area contributed by atoms with Crippen LogP contribution < -0.4 is 10.3 Å². The SMILES string of the molecule is COC(=O)c1c(O)c2cc(F)c(Br)c3c2n(c1=O)[C@@H](C)CO3. The Morgan fingerprint density at radius 1 is 1.59 bits per heavy atom. The molecule has 3 rings (SSSR count). The van der Waals surface area contributed by atoms with E-state index in [-0.39, 0.29) is 33.8 Å². The van der Waals surface area contributed by atoms with Crippen LogP contribution in [0.25, 0.3) is 10.9 Å². The summed E-state index contributed by atoms with van der Waals surface area (Å²) in [5.74, 6) is -2.14. The molecule has 1 N–H and O–H groups in total. The maximum absolute atomic E-state index is 14.0. The summed E-state index contributed by atoms with van der Waals surface area (Å²) in [6.07, 6.45) is 0. The van der Waals surface area contributed by atoms with Crippen LogP contribution in [0.5, 0.6) is 11.5 Å². The van der Waals surface area contributed by atoms with Crippen molar-refractivity contribution < 1.29 is 23.8 Å². The summed E-state index contributed by atoms with van der Waals surface area (Å²) in [5, 5.41) is 10.3. The van der Waals surface area contributed by atoms with E-state index in [9.17, 15) is 19.1 Å². The zero-order chi connectivity index (χ0) is 16.2. The van der Waals surface area contributed by atoms with Crippen LogP contribution in [0.2, 0.25) is 0 Å². The van der Waals surface area contributed by atoms with Crippen molar-refractivity contribution in [2.45, 2.75) is 13.0 Å². The molecule has 0 amide bonds. The molecule has 0 fully saturated rings. The summed E-state index contributed by atoms with van der Waals surface area (Å²) < 4.78 is 25.4. The van der Waals surface area contributed by atoms with Crippen LogP contribution in [0.3, 0.4) is 0 Å². The number of nitrogens with zero attached hydrogens (tertiary/aromatic N) is 1. The highest BCUT2D eigenvalue weighted by molar-refractivity contribution is 9.10. The maximum Gasteiger partial charge on any atom is 0.347 e. The molecule has 0 spiro atoms. The molecule has 6 nitrogen and oxygen atoms in total. The Kier molecular flexibility index (Phi) is 3.36. The van der Waals surface area contributed by atoms with E-state index in [1.807, 2.05) is 0 Å². The van der Waals surface area contributed by atoms with Crippen LogP contribution in [0.4, 0.5) is 4.39 Å². The number of benzene rings is 1. The summed E-state index contributed by atoms with van der Waals surface area (Å²) >= 11 is 3.07. The Hall–Kier alpha value is -2.09. The minimum Gasteiger partial charge on any atom is -0.506 e. The Morgan fingerprint density at radius 2 is 2.27 bits per heavy atom. The van der Waals surface area contributed by atoms with Crippen LogP contribution >= 0.6 is 15.9 Å². The largest absolute Gasteiger partial charge is 0.506 e. The van der Waals surface area contributed by atoms with Crippen molar-refractivity contribution in [1.29, 1.82) is 0 Å². The molecule has 0 radical (unpaired) electrons. The fraction of sp³-hybridized carbons (Fsp3) is 0.286. The summed E-state index contributed by atoms with van der Waals surface area (Å²) in [5.41, 5.74) is -0.981. The van der Waals surface area contributed by atoms with Crippen molar-refractivity contribution in [2.75, 3.05) is 13.7 Å². The Morgan fingerprint density at radius 3 is 2.91 bits per heavy atom. The van der Waals surface area contributed by atoms with E-state index in [0.29, 0.717) is 0 Å². The quantitative estimate of drug-likeness (QED) is 0.778. The molecule has 22 heavy (non-hydrogen) atoms. The number of hydrogen-bond acceptors (Lipinski definition) is 5. The second-order valence-corrected chi connectivity index (χ2v) is 5.74. The average Bonchev–Trinajstić information content (AvgIpc) is 2.49. The first kappa shape index (κ1) is 14.8. The molecule has 2 aromatic rings. The molecule has 8 heteroatoms. The third-order valence-electron chi connectivity index (χ3n) is 3.61. The molecule has 116 valence electrons. The van der Waals surface area contributed by atoms with Crippen LogP contribution in [0.15, 0.2) is 15.3 Å². The van der Waals surface area contributed by atoms with Crippen LogP contribution in [0, 0.1) is 5.82 Å². The number of hydrogen-bond donors (Lipinski definition) is 1. The topological polar surface area (TPSA) is 77.8 Å². The van der Waals surface area contributed by atoms with Gasteiger partial charge in [0.25, 0.3) is 5.56 Å². The van der Waals surface area contributed by atoms with Gasteiger partial charge in [-0.3, -0.25) is 9.36 Å². The van der Waals surface area contributed by atoms with E-state index in [4.69, 9.17) is 4.74 Å². The number of halogens is 2. The van der Waals surface area contributed by atoms with Gasteiger partial charge in [0.05, 0.1) is 23.1 Å². The molecular formula is C14H11BrFNO5. The second kappa shape index (κ2) is 4.98. The van der Waals surface area contributed by atoms with E-state index < -0.39 is 28.7 Å². The number of rotatable bonds is 1. The maximum atomic E-state index is 14.0. The standard InChI is InChI=1S/C14H11BrFNO5/c1-5-4-22-12-9(15)7(16)3-6-10(12)17(5)13(19)8(11(6)18)14(20)21-2/h3,5,18H,4H2,1-2H3/t5-/m0/s1. The highest BCUT2D eigenvalue weighted by Crippen LogP contribution is 2.42. The smallest absolute Gasteiger partial charge is 0.347 e. The van der Waals surface area contributed by atoms with E-state index in [1.165, 1.54) is 4.57 Å². The van der Waals surface area contributed by atoms with Crippen LogP contribution in [0.1, 0.15) is 23.3 Å². The fourth-order valence-corrected chi connectivity index (χ4v) is 3.00. The van der Waals surface area contributed by atoms with Crippen LogP contribution in [-0.2, 0) is 4.74 Å². The lowest BCUT2D eigenvalue weighted by Gasteiger charge is -2.27. The third-order valence-corrected chi connectivity index (χ3v) is 4.35. The molecule has 0 aliphatic carbocycles. The second-order valence-electron chi connectivity index (χ2n) is 4.95. The van der Waals surface area contributed by atoms with Crippen molar-refractivity contribution >= 4 is 32.8 Å². The van der Waals surface area contributed by atoms with Gasteiger partial charge in [0.1, 0.15) is 18.2 Å². The first-order valence-corrected chi connectivity index (χ1v) is 7.18. The number of aromatic hydroxyl groups is 1. The van der Waals surface area contributed by atoms with Gasteiger partial charge in [-0.1, -0.05) is 0 Å². The van der Waals surface area contributed by atoms with Crippen molar-refractivity contribution in [1.82, 2.24) is 4.57 Å². The molecule has 1 aliphatic heterocycles. The predicted octanol–water partition coefficient (Wildman–Crippen LogP) is 2.35. The fourth-order valence-electron chi connectivity index (χ4n) is 2.59. The summed E-state index contributed by atoms with van der Waals surface area (Å²) in [6.45, 7) is 1.86. The molecule has 0 unspecified atom stereocenters. The average molecular weight is 372 g/mol. The molecule has 1 aliphatic rings. The molecule has 1 aromatic carbocycles. The lowest BCUT2D eigenvalue weighted by molar-refractivity contribution is 0.0594. The van der Waals surface area contributed by atoms with Crippen molar-refractivity contribution in [2.24, 2.45) is 0 Å². The van der Waals surface area contributed by atoms with Gasteiger partial charge in [-0.25, -0.2) is 9.18 Å². The van der Waals surface area contributed by atoms with Gasteiger partial charge in [0.15, 0.2) is 11.3 Å². The van der Waals surface area contributed by atoms with Gasteiger partial charge in [-0.2, -0.15) is 0 Å². The molecule has 0 saturated carbocycles. The molecule has 0 saturated heterocycles. The van der Waals surface area contributed by atoms with Gasteiger partial charge in [0.2, 0.25) is 0 Å². The summed E-state index contributed by atoms with van der Waals surface area (Å²) in [4.78, 5) is 24.4. The number of carbonyl (C=O) groups is 1. The minimum atomic E-state index is -0.975. The van der Waals surface area contributed by atoms with Crippen molar-refractivity contribution in [3.8, 4) is 11.5 Å². The zero-order valence-corrected chi connectivity index (χ0v) is 13.2. The Labute approximate surface area is 132 Å². The Balaban J connectivity index is 2.59. The van der Waals surface area contributed by atoms with Gasteiger partial charge >= 0.3 is 5.97 Å². The molecule has 1 aromatic heterocycles. The molecule has 0 bridgehead atoms. The lowest BCUT2D eigenvalue weighted by Crippen LogP contribution is -2.34. The first-order valence-electron chi connectivity index (χ1n) is 6.38. The van der Waals surface area contributed by atoms with Gasteiger partial charge in [-0.15, -0.1) is 0 Å². The number of carbonyl (C=O) groups excluding carboxylic acids is 1. The number of aromatic nitrogens is 1. The van der Waals surface area contributed by atoms with E-state index in [0.717, 1.165) is 13.2 Å². The predicted molar refractivity (Wildman–Crippen MR) is 79.1 cm³/mol. The number of methoxy groups -OCH3 is 1. The summed E-state index contributed by atoms with van der Waals surface area (Å²) in [7, 11) is 1.10. The summed E-state index contributed by atoms with van der Waals surface area (Å²) in [6, 6.07) is 0.658. The van der Waals surface area contributed by atoms with Crippen molar-refractivity contribution in [3.63, 3.8) is 0 Å². The first-order chi connectivity index (χ1) is 10.4. The lowest BCUT2D eigenvalue weighted by atomic mass is 10.1. The van der Waals surface area contributed by atoms with E-state index >= 15 is 0 Å². The van der Waals surface area contributed by atoms with Gasteiger partial charge in [-0.05, 0) is 28.9 Å². The molecule has 2 heterocycles. The number of ether oxygens (including phenoxy) is 2. The minimum absolute atomic E-state index is 0.0160. The normalized spacial score (nSPS) is 16.5. The van der Waals surface area contributed by atoms with Crippen LogP contribution in [-0.4, -0.2) is 29.4 Å². The van der Waals surface area contributed by atoms with Gasteiger partial charge in [0, 0.05) is 5.39 Å². The zero-order valence-electron chi connectivity index (χ0n) is 11.6. The monoisotopic (exact) mass is 371 g/mol. The number of pyridine rings is 1. The van der Waals surface area contributed by atoms with E-state index in [2.05, 4.69) is 20.7 Å². The highest BCUT2D eigenvalue weighted by atomic mass is 79.9. The molecule has 1 atom stereocenters. The molecular weight excluding hydrogens is 361 g/mol. The van der Waals surface area contributed by atoms with Crippen molar-refractivity contribution in [3.05, 3.63) is 32.3 Å². The highest BCUT2D eigenvalue weighted by Gasteiger charge is 2.31. The Bertz CT molecular complexity index is 876. The third kappa shape index (κ3) is 1.83.